The SMILES string of the molecule is CCC(CC(=O)NCC(C)(C)N(C)C)c1ccc(F)cc1. The van der Waals surface area contributed by atoms with E-state index >= 15 is 0 Å². The first kappa shape index (κ1) is 17.6. The van der Waals surface area contributed by atoms with Crippen molar-refractivity contribution in [3.05, 3.63) is 35.6 Å². The van der Waals surface area contributed by atoms with Crippen LogP contribution in [0.2, 0.25) is 0 Å². The number of rotatable bonds is 7. The molecule has 1 N–H and O–H groups in total. The predicted octanol–water partition coefficient (Wildman–Crippen LogP) is 3.17. The minimum absolute atomic E-state index is 0.0427. The number of carbonyl (C=O) groups excluding carboxylic acids is 1. The van der Waals surface area contributed by atoms with Crippen molar-refractivity contribution in [2.24, 2.45) is 0 Å². The lowest BCUT2D eigenvalue weighted by molar-refractivity contribution is -0.122. The monoisotopic (exact) mass is 294 g/mol. The summed E-state index contributed by atoms with van der Waals surface area (Å²) in [5, 5.41) is 3.00. The summed E-state index contributed by atoms with van der Waals surface area (Å²) in [5.41, 5.74) is 0.939. The van der Waals surface area contributed by atoms with E-state index in [0.29, 0.717) is 13.0 Å². The Morgan fingerprint density at radius 1 is 1.29 bits per heavy atom. The summed E-state index contributed by atoms with van der Waals surface area (Å²) in [4.78, 5) is 14.2. The maximum atomic E-state index is 13.0. The van der Waals surface area contributed by atoms with E-state index in [0.717, 1.165) is 12.0 Å². The predicted molar refractivity (Wildman–Crippen MR) is 84.8 cm³/mol. The average Bonchev–Trinajstić information content (AvgIpc) is 2.43. The molecule has 0 aliphatic rings. The van der Waals surface area contributed by atoms with E-state index in [1.807, 2.05) is 21.0 Å². The van der Waals surface area contributed by atoms with Gasteiger partial charge in [0.15, 0.2) is 0 Å². The van der Waals surface area contributed by atoms with Gasteiger partial charge in [0.25, 0.3) is 0 Å². The minimum Gasteiger partial charge on any atom is -0.354 e. The van der Waals surface area contributed by atoms with Gasteiger partial charge in [-0.15, -0.1) is 0 Å². The van der Waals surface area contributed by atoms with Crippen molar-refractivity contribution in [3.8, 4) is 0 Å². The van der Waals surface area contributed by atoms with Gasteiger partial charge in [-0.3, -0.25) is 4.79 Å². The van der Waals surface area contributed by atoms with Gasteiger partial charge in [-0.1, -0.05) is 19.1 Å². The number of nitrogens with one attached hydrogen (secondary N) is 1. The third-order valence-corrected chi connectivity index (χ3v) is 4.19. The first-order chi connectivity index (χ1) is 9.76. The largest absolute Gasteiger partial charge is 0.354 e. The fourth-order valence-electron chi connectivity index (χ4n) is 2.00. The van der Waals surface area contributed by atoms with Crippen LogP contribution in [0.4, 0.5) is 4.39 Å². The number of hydrogen-bond donors (Lipinski definition) is 1. The molecule has 0 spiro atoms. The Labute approximate surface area is 127 Å². The molecular formula is C17H27FN2O. The number of likely N-dealkylation sites (N-methyl/N-ethyl adjacent to an activating group) is 1. The second-order valence-electron chi connectivity index (χ2n) is 6.34. The number of halogens is 1. The van der Waals surface area contributed by atoms with E-state index in [1.165, 1.54) is 12.1 Å². The van der Waals surface area contributed by atoms with Crippen molar-refractivity contribution in [1.82, 2.24) is 10.2 Å². The van der Waals surface area contributed by atoms with Crippen LogP contribution in [0.3, 0.4) is 0 Å². The highest BCUT2D eigenvalue weighted by atomic mass is 19.1. The van der Waals surface area contributed by atoms with Crippen LogP contribution in [0.1, 0.15) is 45.1 Å². The summed E-state index contributed by atoms with van der Waals surface area (Å²) in [5.74, 6) is -0.0695. The van der Waals surface area contributed by atoms with Gasteiger partial charge >= 0.3 is 0 Å². The summed E-state index contributed by atoms with van der Waals surface area (Å²) in [6.07, 6.45) is 1.29. The van der Waals surface area contributed by atoms with E-state index in [1.54, 1.807) is 12.1 Å². The Balaban J connectivity index is 2.57. The first-order valence-electron chi connectivity index (χ1n) is 7.46. The van der Waals surface area contributed by atoms with Gasteiger partial charge in [-0.25, -0.2) is 4.39 Å². The molecular weight excluding hydrogens is 267 g/mol. The summed E-state index contributed by atoms with van der Waals surface area (Å²) >= 11 is 0. The second kappa shape index (κ2) is 7.55. The van der Waals surface area contributed by atoms with E-state index in [-0.39, 0.29) is 23.2 Å². The standard InChI is InChI=1S/C17H27FN2O/c1-6-13(14-7-9-15(18)10-8-14)11-16(21)19-12-17(2,3)20(4)5/h7-10,13H,6,11-12H2,1-5H3,(H,19,21). The summed E-state index contributed by atoms with van der Waals surface area (Å²) in [6.45, 7) is 6.83. The zero-order valence-electron chi connectivity index (χ0n) is 13.7. The van der Waals surface area contributed by atoms with Crippen LogP contribution in [-0.4, -0.2) is 37.0 Å². The van der Waals surface area contributed by atoms with Gasteiger partial charge in [-0.2, -0.15) is 0 Å². The molecule has 0 heterocycles. The first-order valence-corrected chi connectivity index (χ1v) is 7.46. The molecule has 1 aromatic carbocycles. The average molecular weight is 294 g/mol. The highest BCUT2D eigenvalue weighted by Crippen LogP contribution is 2.23. The molecule has 0 fully saturated rings. The number of amides is 1. The summed E-state index contributed by atoms with van der Waals surface area (Å²) in [7, 11) is 4.00. The molecule has 0 saturated heterocycles. The maximum Gasteiger partial charge on any atom is 0.220 e. The lowest BCUT2D eigenvalue weighted by Crippen LogP contribution is -2.48. The number of hydrogen-bond acceptors (Lipinski definition) is 2. The van der Waals surface area contributed by atoms with E-state index in [4.69, 9.17) is 0 Å². The van der Waals surface area contributed by atoms with Crippen LogP contribution < -0.4 is 5.32 Å². The smallest absolute Gasteiger partial charge is 0.220 e. The second-order valence-corrected chi connectivity index (χ2v) is 6.34. The Bertz CT molecular complexity index is 454. The molecule has 118 valence electrons. The van der Waals surface area contributed by atoms with Crippen molar-refractivity contribution in [3.63, 3.8) is 0 Å². The molecule has 0 radical (unpaired) electrons. The van der Waals surface area contributed by atoms with Crippen molar-refractivity contribution in [1.29, 1.82) is 0 Å². The molecule has 0 bridgehead atoms. The molecule has 0 aliphatic heterocycles. The van der Waals surface area contributed by atoms with Crippen LogP contribution in [0.25, 0.3) is 0 Å². The van der Waals surface area contributed by atoms with E-state index < -0.39 is 0 Å². The molecule has 1 atom stereocenters. The van der Waals surface area contributed by atoms with Crippen molar-refractivity contribution < 1.29 is 9.18 Å². The highest BCUT2D eigenvalue weighted by Gasteiger charge is 2.22. The van der Waals surface area contributed by atoms with E-state index in [2.05, 4.69) is 24.1 Å². The van der Waals surface area contributed by atoms with Crippen LogP contribution in [0.15, 0.2) is 24.3 Å². The van der Waals surface area contributed by atoms with Gasteiger partial charge in [-0.05, 0) is 58.0 Å². The topological polar surface area (TPSA) is 32.3 Å². The maximum absolute atomic E-state index is 13.0. The number of carbonyl (C=O) groups is 1. The zero-order chi connectivity index (χ0) is 16.0. The quantitative estimate of drug-likeness (QED) is 0.838. The molecule has 1 rings (SSSR count). The summed E-state index contributed by atoms with van der Waals surface area (Å²) < 4.78 is 13.0. The van der Waals surface area contributed by atoms with E-state index in [9.17, 15) is 9.18 Å². The van der Waals surface area contributed by atoms with Crippen molar-refractivity contribution >= 4 is 5.91 Å². The number of benzene rings is 1. The fraction of sp³-hybridized carbons (Fsp3) is 0.588. The molecule has 0 aromatic heterocycles. The Hall–Kier alpha value is -1.42. The van der Waals surface area contributed by atoms with Crippen LogP contribution in [-0.2, 0) is 4.79 Å². The third-order valence-electron chi connectivity index (χ3n) is 4.19. The molecule has 0 saturated carbocycles. The van der Waals surface area contributed by atoms with Crippen LogP contribution in [0, 0.1) is 5.82 Å². The molecule has 4 heteroatoms. The van der Waals surface area contributed by atoms with Gasteiger partial charge in [0, 0.05) is 18.5 Å². The summed E-state index contributed by atoms with van der Waals surface area (Å²) in [6, 6.07) is 6.43. The van der Waals surface area contributed by atoms with Crippen molar-refractivity contribution in [2.75, 3.05) is 20.6 Å². The Morgan fingerprint density at radius 2 is 1.86 bits per heavy atom. The molecule has 21 heavy (non-hydrogen) atoms. The molecule has 3 nitrogen and oxygen atoms in total. The molecule has 0 aliphatic carbocycles. The molecule has 1 unspecified atom stereocenters. The molecule has 1 amide bonds. The third kappa shape index (κ3) is 5.46. The van der Waals surface area contributed by atoms with Crippen LogP contribution in [0.5, 0.6) is 0 Å². The highest BCUT2D eigenvalue weighted by molar-refractivity contribution is 5.77. The normalized spacial score (nSPS) is 13.3. The van der Waals surface area contributed by atoms with Gasteiger partial charge in [0.05, 0.1) is 0 Å². The Kier molecular flexibility index (Phi) is 6.34. The van der Waals surface area contributed by atoms with Gasteiger partial charge in [0.1, 0.15) is 5.82 Å². The molecule has 1 aromatic rings. The lowest BCUT2D eigenvalue weighted by atomic mass is 9.92. The van der Waals surface area contributed by atoms with Gasteiger partial charge < -0.3 is 10.2 Å². The van der Waals surface area contributed by atoms with Crippen molar-refractivity contribution in [2.45, 2.75) is 45.1 Å². The van der Waals surface area contributed by atoms with Gasteiger partial charge in [0.2, 0.25) is 5.91 Å². The zero-order valence-corrected chi connectivity index (χ0v) is 13.7. The fourth-order valence-corrected chi connectivity index (χ4v) is 2.00. The Morgan fingerprint density at radius 3 is 2.33 bits per heavy atom. The van der Waals surface area contributed by atoms with Crippen LogP contribution >= 0.6 is 0 Å². The lowest BCUT2D eigenvalue weighted by Gasteiger charge is -2.32. The minimum atomic E-state index is -0.245. The number of nitrogens with zero attached hydrogens (tertiary/aromatic N) is 1.